The predicted molar refractivity (Wildman–Crippen MR) is 55.7 cm³/mol. The minimum absolute atomic E-state index is 0. The van der Waals surface area contributed by atoms with Crippen molar-refractivity contribution in [2.24, 2.45) is 5.73 Å². The molecule has 0 aliphatic heterocycles. The molecule has 0 unspecified atom stereocenters. The molecule has 0 amide bonds. The first-order valence-corrected chi connectivity index (χ1v) is 4.40. The van der Waals surface area contributed by atoms with E-state index in [0.29, 0.717) is 5.56 Å². The maximum atomic E-state index is 12.6. The van der Waals surface area contributed by atoms with Crippen molar-refractivity contribution < 1.29 is 64.3 Å². The maximum Gasteiger partial charge on any atom is 1.00 e. The van der Waals surface area contributed by atoms with E-state index in [0.717, 1.165) is 6.07 Å². The summed E-state index contributed by atoms with van der Waals surface area (Å²) in [4.78, 5) is 0. The van der Waals surface area contributed by atoms with Gasteiger partial charge in [0.2, 0.25) is 0 Å². The van der Waals surface area contributed by atoms with Gasteiger partial charge in [0, 0.05) is 12.1 Å². The molecule has 1 rings (SSSR count). The summed E-state index contributed by atoms with van der Waals surface area (Å²) in [6.45, 7) is -3.57. The van der Waals surface area contributed by atoms with Crippen LogP contribution in [0.15, 0.2) is 12.1 Å². The average molecular weight is 251 g/mol. The van der Waals surface area contributed by atoms with Crippen LogP contribution in [0.25, 0.3) is 0 Å². The van der Waals surface area contributed by atoms with E-state index in [1.165, 1.54) is 13.0 Å². The normalized spacial score (nSPS) is 10.5. The van der Waals surface area contributed by atoms with Crippen molar-refractivity contribution in [1.82, 2.24) is 0 Å². The van der Waals surface area contributed by atoms with E-state index in [1.807, 2.05) is 0 Å². The van der Waals surface area contributed by atoms with Crippen LogP contribution in [0, 0.1) is 19.3 Å². The van der Waals surface area contributed by atoms with Crippen LogP contribution in [0.1, 0.15) is 16.7 Å². The van der Waals surface area contributed by atoms with Gasteiger partial charge in [-0.05, 0) is 18.6 Å². The average Bonchev–Trinajstić information content (AvgIpc) is 2.16. The molecule has 0 aliphatic carbocycles. The summed E-state index contributed by atoms with van der Waals surface area (Å²) in [6.07, 6.45) is 5.08. The van der Waals surface area contributed by atoms with Gasteiger partial charge in [-0.1, -0.05) is 17.6 Å². The third-order valence-corrected chi connectivity index (χ3v) is 2.29. The summed E-state index contributed by atoms with van der Waals surface area (Å²) >= 11 is 0. The minimum Gasteiger partial charge on any atom is -0.445 e. The molecule has 0 fully saturated rings. The van der Waals surface area contributed by atoms with Crippen LogP contribution in [0.3, 0.4) is 0 Å². The van der Waals surface area contributed by atoms with Crippen molar-refractivity contribution in [1.29, 1.82) is 0 Å². The third-order valence-electron chi connectivity index (χ3n) is 2.29. The number of benzene rings is 1. The molecule has 1 aromatic carbocycles. The molecule has 1 aromatic rings. The molecule has 0 saturated carbocycles. The molecule has 0 heterocycles. The van der Waals surface area contributed by atoms with Crippen LogP contribution in [0.5, 0.6) is 0 Å². The molecule has 0 aromatic heterocycles. The number of hydrogen-bond acceptors (Lipinski definition) is 1. The molecule has 2 N–H and O–H groups in total. The maximum absolute atomic E-state index is 12.6. The van der Waals surface area contributed by atoms with Crippen molar-refractivity contribution in [3.8, 4) is 12.3 Å². The van der Waals surface area contributed by atoms with Crippen LogP contribution in [0.2, 0.25) is 0 Å². The smallest absolute Gasteiger partial charge is 0.445 e. The second kappa shape index (κ2) is 6.24. The Morgan fingerprint density at radius 3 is 2.31 bits per heavy atom. The first kappa shape index (κ1) is 16.2. The Morgan fingerprint density at radius 2 is 1.94 bits per heavy atom. The molecule has 0 atom stereocenters. The van der Waals surface area contributed by atoms with Gasteiger partial charge < -0.3 is 18.7 Å². The van der Waals surface area contributed by atoms with Crippen LogP contribution >= 0.6 is 0 Å². The number of hydrogen-bond donors (Lipinski definition) is 1. The summed E-state index contributed by atoms with van der Waals surface area (Å²) in [5, 5.41) is 0. The summed E-state index contributed by atoms with van der Waals surface area (Å²) in [5.74, 6) is 2.20. The third kappa shape index (κ3) is 3.62. The van der Waals surface area contributed by atoms with Gasteiger partial charge in [0.05, 0.1) is 0 Å². The molecular formula is C10H10BF3KN. The number of nitrogens with two attached hydrogens (primary N) is 1. The van der Waals surface area contributed by atoms with E-state index in [-0.39, 0.29) is 69.1 Å². The van der Waals surface area contributed by atoms with Gasteiger partial charge in [0.25, 0.3) is 0 Å². The molecule has 6 heteroatoms. The number of halogens is 3. The van der Waals surface area contributed by atoms with Crippen LogP contribution in [-0.4, -0.2) is 6.98 Å². The van der Waals surface area contributed by atoms with Crippen molar-refractivity contribution in [2.75, 3.05) is 0 Å². The Kier molecular flexibility index (Phi) is 6.33. The van der Waals surface area contributed by atoms with E-state index in [1.54, 1.807) is 0 Å². The Bertz CT molecular complexity index is 423. The van der Waals surface area contributed by atoms with Crippen LogP contribution in [-0.2, 0) is 6.54 Å². The van der Waals surface area contributed by atoms with Gasteiger partial charge in [-0.15, -0.1) is 11.9 Å². The summed E-state index contributed by atoms with van der Waals surface area (Å²) in [7, 11) is 0. The molecule has 0 aliphatic rings. The van der Waals surface area contributed by atoms with E-state index < -0.39 is 12.4 Å². The van der Waals surface area contributed by atoms with E-state index in [2.05, 4.69) is 5.92 Å². The molecule has 16 heavy (non-hydrogen) atoms. The van der Waals surface area contributed by atoms with E-state index in [9.17, 15) is 12.9 Å². The summed E-state index contributed by atoms with van der Waals surface area (Å²) < 4.78 is 37.9. The van der Waals surface area contributed by atoms with Gasteiger partial charge in [-0.25, -0.2) is 0 Å². The van der Waals surface area contributed by atoms with Gasteiger partial charge in [-0.2, -0.15) is 0 Å². The van der Waals surface area contributed by atoms with Crippen molar-refractivity contribution >= 4 is 12.4 Å². The fourth-order valence-corrected chi connectivity index (χ4v) is 1.43. The molecule has 1 nitrogen and oxygen atoms in total. The van der Waals surface area contributed by atoms with Gasteiger partial charge >= 0.3 is 58.4 Å². The zero-order valence-corrected chi connectivity index (χ0v) is 12.4. The van der Waals surface area contributed by atoms with Crippen molar-refractivity contribution in [3.05, 3.63) is 28.8 Å². The Hall–Kier alpha value is 0.231. The predicted octanol–water partition coefficient (Wildman–Crippen LogP) is -1.51. The standard InChI is InChI=1S/C10H10BF3N.K/c1-3-8-4-9(6-15)7(2)10(5-8)11(12,13)14;/h1,4-5H,6,15H2,2H3;/q-1;+1. The van der Waals surface area contributed by atoms with Crippen molar-refractivity contribution in [3.63, 3.8) is 0 Å². The zero-order valence-electron chi connectivity index (χ0n) is 9.23. The molecule has 0 spiro atoms. The second-order valence-corrected chi connectivity index (χ2v) is 3.27. The van der Waals surface area contributed by atoms with Gasteiger partial charge in [-0.3, -0.25) is 0 Å². The largest absolute Gasteiger partial charge is 1.00 e. The molecular weight excluding hydrogens is 241 g/mol. The monoisotopic (exact) mass is 251 g/mol. The molecule has 80 valence electrons. The Balaban J connectivity index is 0.00000225. The Labute approximate surface area is 135 Å². The zero-order chi connectivity index (χ0) is 11.6. The Morgan fingerprint density at radius 1 is 1.38 bits per heavy atom. The van der Waals surface area contributed by atoms with Gasteiger partial charge in [0.1, 0.15) is 0 Å². The quantitative estimate of drug-likeness (QED) is 0.502. The number of rotatable bonds is 2. The molecule has 0 saturated heterocycles. The minimum atomic E-state index is -5.03. The fourth-order valence-electron chi connectivity index (χ4n) is 1.43. The first-order valence-electron chi connectivity index (χ1n) is 4.40. The molecule has 0 bridgehead atoms. The fraction of sp³-hybridized carbons (Fsp3) is 0.200. The SMILES string of the molecule is C#Cc1cc(CN)c(C)c([B-](F)(F)F)c1.[K+]. The van der Waals surface area contributed by atoms with Crippen molar-refractivity contribution in [2.45, 2.75) is 13.5 Å². The second-order valence-electron chi connectivity index (χ2n) is 3.27. The topological polar surface area (TPSA) is 26.0 Å². The summed E-state index contributed by atoms with van der Waals surface area (Å²) in [5.41, 5.74) is 5.54. The first-order chi connectivity index (χ1) is 6.90. The molecule has 0 radical (unpaired) electrons. The summed E-state index contributed by atoms with van der Waals surface area (Å²) in [6, 6.07) is 2.51. The van der Waals surface area contributed by atoms with E-state index >= 15 is 0 Å². The number of terminal acetylenes is 1. The van der Waals surface area contributed by atoms with Gasteiger partial charge in [0.15, 0.2) is 0 Å². The van der Waals surface area contributed by atoms with E-state index in [4.69, 9.17) is 12.2 Å². The van der Waals surface area contributed by atoms with Crippen LogP contribution < -0.4 is 62.6 Å². The van der Waals surface area contributed by atoms with Crippen LogP contribution in [0.4, 0.5) is 12.9 Å².